The van der Waals surface area contributed by atoms with Crippen molar-refractivity contribution in [2.75, 3.05) is 0 Å². The molecule has 1 heterocycles. The summed E-state index contributed by atoms with van der Waals surface area (Å²) >= 11 is 0.842. The molecule has 1 aromatic heterocycles. The highest BCUT2D eigenvalue weighted by Crippen LogP contribution is 2.44. The molecule has 4 N–H and O–H groups in total. The number of nitriles is 1. The predicted molar refractivity (Wildman–Crippen MR) is 121 cm³/mol. The monoisotopic (exact) mass is 476 g/mol. The molecule has 3 rings (SSSR count). The Hall–Kier alpha value is -2.32. The molecule has 0 spiro atoms. The molecule has 0 unspecified atom stereocenters. The fourth-order valence-corrected chi connectivity index (χ4v) is 6.16. The maximum Gasteiger partial charge on any atom is 0.236 e. The first kappa shape index (κ1) is 24.3. The number of amides is 1. The van der Waals surface area contributed by atoms with Crippen molar-refractivity contribution in [2.45, 2.75) is 75.2 Å². The van der Waals surface area contributed by atoms with Crippen LogP contribution in [0.5, 0.6) is 0 Å². The Balaban J connectivity index is 1.93. The van der Waals surface area contributed by atoms with Crippen LogP contribution in [0.4, 0.5) is 0 Å². The average Bonchev–Trinajstić information content (AvgIpc) is 3.42. The van der Waals surface area contributed by atoms with Crippen LogP contribution < -0.4 is 4.72 Å². The van der Waals surface area contributed by atoms with Crippen molar-refractivity contribution in [2.24, 2.45) is 0 Å². The molecule has 172 valence electrons. The quantitative estimate of drug-likeness (QED) is 0.459. The number of nitrogens with one attached hydrogen (secondary N) is 2. The minimum absolute atomic E-state index is 0.00679. The van der Waals surface area contributed by atoms with Crippen LogP contribution in [0.15, 0.2) is 16.3 Å². The van der Waals surface area contributed by atoms with Gasteiger partial charge in [-0.05, 0) is 67.3 Å². The van der Waals surface area contributed by atoms with Gasteiger partial charge in [0.25, 0.3) is 0 Å². The van der Waals surface area contributed by atoms with Gasteiger partial charge in [-0.1, -0.05) is 13.8 Å². The molecule has 1 fully saturated rings. The topological polar surface area (TPSA) is 147 Å². The van der Waals surface area contributed by atoms with E-state index in [1.165, 1.54) is 13.8 Å². The lowest BCUT2D eigenvalue weighted by Crippen LogP contribution is -2.31. The lowest BCUT2D eigenvalue weighted by Gasteiger charge is -2.18. The summed E-state index contributed by atoms with van der Waals surface area (Å²) in [5.74, 6) is -0.192. The van der Waals surface area contributed by atoms with Crippen molar-refractivity contribution in [3.05, 3.63) is 45.1 Å². The summed E-state index contributed by atoms with van der Waals surface area (Å²) in [5, 5.41) is 29.4. The number of hydrogen-bond donors (Lipinski definition) is 4. The summed E-state index contributed by atoms with van der Waals surface area (Å²) in [7, 11) is -3.79. The number of thiazole rings is 1. The van der Waals surface area contributed by atoms with Crippen molar-refractivity contribution >= 4 is 27.2 Å². The Bertz CT molecular complexity index is 1160. The lowest BCUT2D eigenvalue weighted by atomic mass is 9.87. The number of carbonyl (C=O) groups is 1. The van der Waals surface area contributed by atoms with Crippen molar-refractivity contribution in [3.8, 4) is 6.07 Å². The largest absolute Gasteiger partial charge is 0.390 e. The molecule has 0 bridgehead atoms. The Morgan fingerprint density at radius 3 is 2.59 bits per heavy atom. The van der Waals surface area contributed by atoms with E-state index >= 15 is 0 Å². The van der Waals surface area contributed by atoms with Gasteiger partial charge in [0.15, 0.2) is 9.92 Å². The van der Waals surface area contributed by atoms with Crippen LogP contribution in [0.25, 0.3) is 0 Å². The van der Waals surface area contributed by atoms with E-state index < -0.39 is 28.0 Å². The normalized spacial score (nSPS) is 15.9. The van der Waals surface area contributed by atoms with Gasteiger partial charge in [-0.2, -0.15) is 5.26 Å². The van der Waals surface area contributed by atoms with Crippen LogP contribution in [-0.4, -0.2) is 25.3 Å². The fraction of sp³-hybridized carbons (Fsp3) is 0.500. The van der Waals surface area contributed by atoms with Gasteiger partial charge in [-0.15, -0.1) is 11.3 Å². The Labute approximate surface area is 192 Å². The van der Waals surface area contributed by atoms with Gasteiger partial charge in [-0.25, -0.2) is 14.0 Å². The van der Waals surface area contributed by atoms with E-state index in [1.807, 2.05) is 19.9 Å². The Kier molecular flexibility index (Phi) is 6.77. The van der Waals surface area contributed by atoms with Crippen molar-refractivity contribution in [1.82, 2.24) is 9.71 Å². The minimum atomic E-state index is -3.79. The minimum Gasteiger partial charge on any atom is -0.390 e. The summed E-state index contributed by atoms with van der Waals surface area (Å²) < 4.78 is 23.7. The second-order valence-corrected chi connectivity index (χ2v) is 11.9. The molecule has 10 heteroatoms. The Morgan fingerprint density at radius 1 is 1.44 bits per heavy atom. The van der Waals surface area contributed by atoms with Gasteiger partial charge in [0.05, 0.1) is 30.4 Å². The van der Waals surface area contributed by atoms with E-state index in [-0.39, 0.29) is 27.2 Å². The zero-order valence-electron chi connectivity index (χ0n) is 18.6. The van der Waals surface area contributed by atoms with Gasteiger partial charge in [0, 0.05) is 0 Å². The van der Waals surface area contributed by atoms with Crippen molar-refractivity contribution in [1.29, 1.82) is 10.0 Å². The van der Waals surface area contributed by atoms with E-state index in [1.54, 1.807) is 6.07 Å². The highest BCUT2D eigenvalue weighted by atomic mass is 32.2. The number of benzene rings is 1. The number of nitrogens with zero attached hydrogens (tertiary/aromatic N) is 2. The maximum absolute atomic E-state index is 13.1. The molecule has 1 saturated carbocycles. The van der Waals surface area contributed by atoms with E-state index in [4.69, 9.17) is 4.78 Å². The number of rotatable bonds is 8. The van der Waals surface area contributed by atoms with Gasteiger partial charge < -0.3 is 10.2 Å². The molecule has 2 aromatic rings. The van der Waals surface area contributed by atoms with Crippen LogP contribution in [0, 0.1) is 16.1 Å². The molecular formula is C22H28N4O4S2. The fourth-order valence-electron chi connectivity index (χ4n) is 3.59. The van der Waals surface area contributed by atoms with E-state index in [0.29, 0.717) is 11.5 Å². The first-order valence-corrected chi connectivity index (χ1v) is 12.7. The number of aliphatic hydroxyl groups excluding tert-OH is 1. The van der Waals surface area contributed by atoms with Gasteiger partial charge >= 0.3 is 0 Å². The second-order valence-electron chi connectivity index (χ2n) is 8.90. The third-order valence-electron chi connectivity index (χ3n) is 5.28. The number of aromatic nitrogens is 1. The zero-order chi connectivity index (χ0) is 23.8. The molecule has 0 radical (unpaired) electrons. The van der Waals surface area contributed by atoms with Gasteiger partial charge in [0.1, 0.15) is 14.8 Å². The second kappa shape index (κ2) is 8.90. The SMILES string of the molecule is CC(C)c1cc(C#N)cc(C2CC2)c1CC(=O)N[S@](=N)(=O)c1sc(C(C)(C)O)nc1CO. The van der Waals surface area contributed by atoms with Gasteiger partial charge in [-0.3, -0.25) is 9.52 Å². The highest BCUT2D eigenvalue weighted by Gasteiger charge is 2.31. The molecule has 1 amide bonds. The van der Waals surface area contributed by atoms with Crippen molar-refractivity contribution in [3.63, 3.8) is 0 Å². The highest BCUT2D eigenvalue weighted by molar-refractivity contribution is 7.93. The third-order valence-corrected chi connectivity index (χ3v) is 8.71. The molecule has 0 aliphatic heterocycles. The summed E-state index contributed by atoms with van der Waals surface area (Å²) in [6.45, 7) is 6.42. The first-order valence-electron chi connectivity index (χ1n) is 10.4. The maximum atomic E-state index is 13.1. The third kappa shape index (κ3) is 5.18. The van der Waals surface area contributed by atoms with Crippen molar-refractivity contribution < 1.29 is 19.2 Å². The Morgan fingerprint density at radius 2 is 2.09 bits per heavy atom. The molecule has 1 atom stereocenters. The predicted octanol–water partition coefficient (Wildman–Crippen LogP) is 3.41. The summed E-state index contributed by atoms with van der Waals surface area (Å²) in [4.78, 5) is 17.0. The molecular weight excluding hydrogens is 448 g/mol. The lowest BCUT2D eigenvalue weighted by molar-refractivity contribution is -0.118. The molecule has 1 aliphatic carbocycles. The number of aliphatic hydroxyl groups is 2. The van der Waals surface area contributed by atoms with E-state index in [0.717, 1.165) is 40.9 Å². The van der Waals surface area contributed by atoms with Crippen LogP contribution >= 0.6 is 11.3 Å². The smallest absolute Gasteiger partial charge is 0.236 e. The van der Waals surface area contributed by atoms with Crippen LogP contribution in [0.2, 0.25) is 0 Å². The standard InChI is InChI=1S/C22H28N4O4S2/c1-12(2)15-7-13(10-23)8-16(14-5-6-14)17(15)9-19(28)26-32(24,30)20-18(11-27)25-21(31-20)22(3,4)29/h7-8,12,14,27,29H,5-6,9,11H2,1-4H3,(H2,24,26,28,30)/t32-/m0/s1. The zero-order valence-corrected chi connectivity index (χ0v) is 20.2. The van der Waals surface area contributed by atoms with E-state index in [9.17, 15) is 24.5 Å². The summed E-state index contributed by atoms with van der Waals surface area (Å²) in [6.07, 6.45) is 1.93. The van der Waals surface area contributed by atoms with Gasteiger partial charge in [0.2, 0.25) is 5.91 Å². The first-order chi connectivity index (χ1) is 14.9. The average molecular weight is 477 g/mol. The summed E-state index contributed by atoms with van der Waals surface area (Å²) in [5.41, 5.74) is 1.92. The van der Waals surface area contributed by atoms with Crippen LogP contribution in [0.1, 0.15) is 85.3 Å². The molecule has 1 aliphatic rings. The van der Waals surface area contributed by atoms with E-state index in [2.05, 4.69) is 15.8 Å². The van der Waals surface area contributed by atoms with Crippen LogP contribution in [0.3, 0.4) is 0 Å². The molecule has 1 aromatic carbocycles. The number of carbonyl (C=O) groups excluding carboxylic acids is 1. The number of hydrogen-bond acceptors (Lipinski definition) is 8. The molecule has 0 saturated heterocycles. The summed E-state index contributed by atoms with van der Waals surface area (Å²) in [6, 6.07) is 5.80. The van der Waals surface area contributed by atoms with Crippen LogP contribution in [-0.2, 0) is 33.3 Å². The molecule has 32 heavy (non-hydrogen) atoms. The molecule has 8 nitrogen and oxygen atoms in total.